The van der Waals surface area contributed by atoms with E-state index in [-0.39, 0.29) is 11.7 Å². The van der Waals surface area contributed by atoms with Gasteiger partial charge in [-0.05, 0) is 61.8 Å². The van der Waals surface area contributed by atoms with E-state index < -0.39 is 0 Å². The molecule has 0 spiro atoms. The average molecular weight is 298 g/mol. The number of halogens is 1. The first-order chi connectivity index (χ1) is 10.7. The lowest BCUT2D eigenvalue weighted by atomic mass is 10.1. The van der Waals surface area contributed by atoms with E-state index in [0.717, 1.165) is 30.9 Å². The molecule has 0 saturated carbocycles. The van der Waals surface area contributed by atoms with Crippen molar-refractivity contribution >= 4 is 11.6 Å². The molecule has 4 heteroatoms. The minimum atomic E-state index is -0.342. The molecule has 1 saturated heterocycles. The Kier molecular flexibility index (Phi) is 4.49. The van der Waals surface area contributed by atoms with E-state index >= 15 is 0 Å². The lowest BCUT2D eigenvalue weighted by Gasteiger charge is -2.17. The zero-order chi connectivity index (χ0) is 15.4. The van der Waals surface area contributed by atoms with Crippen molar-refractivity contribution in [1.29, 1.82) is 0 Å². The van der Waals surface area contributed by atoms with Crippen LogP contribution in [0, 0.1) is 5.82 Å². The van der Waals surface area contributed by atoms with E-state index in [2.05, 4.69) is 10.2 Å². The summed E-state index contributed by atoms with van der Waals surface area (Å²) in [7, 11) is 0. The summed E-state index contributed by atoms with van der Waals surface area (Å²) < 4.78 is 12.9. The number of carbonyl (C=O) groups excluding carboxylic acids is 1. The molecular weight excluding hydrogens is 279 g/mol. The summed E-state index contributed by atoms with van der Waals surface area (Å²) in [5, 5.41) is 2.93. The predicted molar refractivity (Wildman–Crippen MR) is 85.3 cm³/mol. The number of anilines is 1. The second kappa shape index (κ2) is 6.71. The molecule has 0 radical (unpaired) electrons. The van der Waals surface area contributed by atoms with E-state index in [9.17, 15) is 9.18 Å². The van der Waals surface area contributed by atoms with Crippen LogP contribution in [0.3, 0.4) is 0 Å². The minimum absolute atomic E-state index is 0.214. The normalized spacial score (nSPS) is 15.0. The second-order valence-electron chi connectivity index (χ2n) is 5.60. The van der Waals surface area contributed by atoms with Gasteiger partial charge in [0.1, 0.15) is 5.82 Å². The number of likely N-dealkylation sites (tertiary alicyclic amines) is 1. The standard InChI is InChI=1S/C18H19FN2O/c19-16-9-7-14(8-10-16)18(22)20-17-6-2-1-5-15(17)13-21-11-3-4-12-21/h1-2,5-10H,3-4,11-13H2,(H,20,22). The van der Waals surface area contributed by atoms with Crippen LogP contribution in [-0.4, -0.2) is 23.9 Å². The summed E-state index contributed by atoms with van der Waals surface area (Å²) >= 11 is 0. The molecule has 2 aromatic carbocycles. The molecular formula is C18H19FN2O. The monoisotopic (exact) mass is 298 g/mol. The van der Waals surface area contributed by atoms with E-state index in [4.69, 9.17) is 0 Å². The van der Waals surface area contributed by atoms with Crippen molar-refractivity contribution in [1.82, 2.24) is 4.90 Å². The molecule has 1 aliphatic heterocycles. The Morgan fingerprint density at radius 2 is 1.73 bits per heavy atom. The highest BCUT2D eigenvalue weighted by atomic mass is 19.1. The number of benzene rings is 2. The van der Waals surface area contributed by atoms with Gasteiger partial charge in [-0.2, -0.15) is 0 Å². The molecule has 0 aliphatic carbocycles. The van der Waals surface area contributed by atoms with Gasteiger partial charge >= 0.3 is 0 Å². The first-order valence-corrected chi connectivity index (χ1v) is 7.59. The van der Waals surface area contributed by atoms with Crippen LogP contribution >= 0.6 is 0 Å². The quantitative estimate of drug-likeness (QED) is 0.934. The molecule has 3 nitrogen and oxygen atoms in total. The number of amides is 1. The maximum atomic E-state index is 12.9. The molecule has 1 amide bonds. The molecule has 1 aliphatic rings. The Bertz CT molecular complexity index is 648. The number of nitrogens with zero attached hydrogens (tertiary/aromatic N) is 1. The highest BCUT2D eigenvalue weighted by molar-refractivity contribution is 6.04. The number of carbonyl (C=O) groups is 1. The van der Waals surface area contributed by atoms with Gasteiger partial charge in [-0.1, -0.05) is 18.2 Å². The second-order valence-corrected chi connectivity index (χ2v) is 5.60. The van der Waals surface area contributed by atoms with Gasteiger partial charge in [0.05, 0.1) is 0 Å². The van der Waals surface area contributed by atoms with Crippen molar-refractivity contribution < 1.29 is 9.18 Å². The Hall–Kier alpha value is -2.20. The molecule has 3 rings (SSSR count). The number of nitrogens with one attached hydrogen (secondary N) is 1. The third kappa shape index (κ3) is 3.52. The Morgan fingerprint density at radius 3 is 2.45 bits per heavy atom. The third-order valence-corrected chi connectivity index (χ3v) is 3.96. The first-order valence-electron chi connectivity index (χ1n) is 7.59. The predicted octanol–water partition coefficient (Wildman–Crippen LogP) is 3.67. The highest BCUT2D eigenvalue weighted by Gasteiger charge is 2.15. The van der Waals surface area contributed by atoms with Crippen LogP contribution in [0.4, 0.5) is 10.1 Å². The molecule has 0 atom stereocenters. The van der Waals surface area contributed by atoms with Crippen LogP contribution in [0.5, 0.6) is 0 Å². The number of rotatable bonds is 4. The van der Waals surface area contributed by atoms with E-state index in [1.54, 1.807) is 0 Å². The topological polar surface area (TPSA) is 32.3 Å². The number of hydrogen-bond acceptors (Lipinski definition) is 2. The van der Waals surface area contributed by atoms with Crippen molar-refractivity contribution in [3.05, 3.63) is 65.5 Å². The van der Waals surface area contributed by atoms with Crippen molar-refractivity contribution in [2.45, 2.75) is 19.4 Å². The fourth-order valence-corrected chi connectivity index (χ4v) is 2.76. The largest absolute Gasteiger partial charge is 0.322 e. The zero-order valence-corrected chi connectivity index (χ0v) is 12.4. The maximum Gasteiger partial charge on any atom is 0.255 e. The molecule has 1 N–H and O–H groups in total. The fourth-order valence-electron chi connectivity index (χ4n) is 2.76. The van der Waals surface area contributed by atoms with Gasteiger partial charge in [0.25, 0.3) is 5.91 Å². The molecule has 1 fully saturated rings. The van der Waals surface area contributed by atoms with Crippen molar-refractivity contribution in [3.63, 3.8) is 0 Å². The van der Waals surface area contributed by atoms with Crippen LogP contribution in [0.25, 0.3) is 0 Å². The summed E-state index contributed by atoms with van der Waals surface area (Å²) in [6.45, 7) is 3.07. The zero-order valence-electron chi connectivity index (χ0n) is 12.4. The lowest BCUT2D eigenvalue weighted by molar-refractivity contribution is 0.102. The third-order valence-electron chi connectivity index (χ3n) is 3.96. The average Bonchev–Trinajstić information content (AvgIpc) is 3.03. The highest BCUT2D eigenvalue weighted by Crippen LogP contribution is 2.20. The van der Waals surface area contributed by atoms with Gasteiger partial charge in [0.2, 0.25) is 0 Å². The van der Waals surface area contributed by atoms with E-state index in [1.165, 1.54) is 37.1 Å². The van der Waals surface area contributed by atoms with Crippen molar-refractivity contribution in [2.24, 2.45) is 0 Å². The van der Waals surface area contributed by atoms with Gasteiger partial charge in [0, 0.05) is 17.8 Å². The molecule has 0 unspecified atom stereocenters. The van der Waals surface area contributed by atoms with Crippen LogP contribution in [0.15, 0.2) is 48.5 Å². The number of hydrogen-bond donors (Lipinski definition) is 1. The Balaban J connectivity index is 1.73. The molecule has 0 aromatic heterocycles. The molecule has 1 heterocycles. The van der Waals surface area contributed by atoms with Crippen molar-refractivity contribution in [2.75, 3.05) is 18.4 Å². The smallest absolute Gasteiger partial charge is 0.255 e. The number of para-hydroxylation sites is 1. The van der Waals surface area contributed by atoms with E-state index in [0.29, 0.717) is 5.56 Å². The van der Waals surface area contributed by atoms with Crippen LogP contribution in [-0.2, 0) is 6.54 Å². The van der Waals surface area contributed by atoms with Gasteiger partial charge in [-0.3, -0.25) is 9.69 Å². The van der Waals surface area contributed by atoms with Crippen LogP contribution in [0.1, 0.15) is 28.8 Å². The summed E-state index contributed by atoms with van der Waals surface area (Å²) in [4.78, 5) is 14.7. The first kappa shape index (κ1) is 14.7. The lowest BCUT2D eigenvalue weighted by Crippen LogP contribution is -2.20. The van der Waals surface area contributed by atoms with E-state index in [1.807, 2.05) is 24.3 Å². The fraction of sp³-hybridized carbons (Fsp3) is 0.278. The summed E-state index contributed by atoms with van der Waals surface area (Å²) in [5.41, 5.74) is 2.39. The maximum absolute atomic E-state index is 12.9. The molecule has 0 bridgehead atoms. The summed E-state index contributed by atoms with van der Waals surface area (Å²) in [6, 6.07) is 13.4. The summed E-state index contributed by atoms with van der Waals surface area (Å²) in [5.74, 6) is -0.556. The Morgan fingerprint density at radius 1 is 1.05 bits per heavy atom. The van der Waals surface area contributed by atoms with Crippen LogP contribution in [0.2, 0.25) is 0 Å². The van der Waals surface area contributed by atoms with Gasteiger partial charge in [-0.25, -0.2) is 4.39 Å². The minimum Gasteiger partial charge on any atom is -0.322 e. The SMILES string of the molecule is O=C(Nc1ccccc1CN1CCCC1)c1ccc(F)cc1. The molecule has 22 heavy (non-hydrogen) atoms. The molecule has 2 aromatic rings. The Labute approximate surface area is 129 Å². The van der Waals surface area contributed by atoms with Gasteiger partial charge in [0.15, 0.2) is 0 Å². The van der Waals surface area contributed by atoms with Gasteiger partial charge in [-0.15, -0.1) is 0 Å². The van der Waals surface area contributed by atoms with Crippen LogP contribution < -0.4 is 5.32 Å². The molecule has 114 valence electrons. The summed E-state index contributed by atoms with van der Waals surface area (Å²) in [6.07, 6.45) is 2.48. The van der Waals surface area contributed by atoms with Gasteiger partial charge < -0.3 is 5.32 Å². The van der Waals surface area contributed by atoms with Crippen molar-refractivity contribution in [3.8, 4) is 0 Å².